The molecule has 1 atom stereocenters. The lowest BCUT2D eigenvalue weighted by Crippen LogP contribution is -2.51. The van der Waals surface area contributed by atoms with Crippen molar-refractivity contribution in [1.29, 1.82) is 0 Å². The number of nitrogens with zero attached hydrogens (tertiary/aromatic N) is 1. The van der Waals surface area contributed by atoms with E-state index >= 15 is 0 Å². The Kier molecular flexibility index (Phi) is 2.39. The molecule has 2 nitrogen and oxygen atoms in total. The van der Waals surface area contributed by atoms with Crippen LogP contribution in [-0.4, -0.2) is 43.9 Å². The van der Waals surface area contributed by atoms with Gasteiger partial charge in [0.05, 0.1) is 13.2 Å². The van der Waals surface area contributed by atoms with Crippen LogP contribution in [0.15, 0.2) is 0 Å². The van der Waals surface area contributed by atoms with Crippen molar-refractivity contribution in [3.63, 3.8) is 0 Å². The van der Waals surface area contributed by atoms with Crippen LogP contribution in [0.1, 0.15) is 0 Å². The fourth-order valence-electron chi connectivity index (χ4n) is 1.03. The summed E-state index contributed by atoms with van der Waals surface area (Å²) in [6.07, 6.45) is -4.16. The topological polar surface area (TPSA) is 12.5 Å². The van der Waals surface area contributed by atoms with Gasteiger partial charge in [0.1, 0.15) is 6.04 Å². The molecule has 0 spiro atoms. The van der Waals surface area contributed by atoms with Gasteiger partial charge in [0.2, 0.25) is 0 Å². The zero-order valence-electron chi connectivity index (χ0n) is 6.19. The van der Waals surface area contributed by atoms with Gasteiger partial charge in [-0.1, -0.05) is 0 Å². The number of halogens is 3. The van der Waals surface area contributed by atoms with Crippen LogP contribution < -0.4 is 0 Å². The molecule has 0 bridgehead atoms. The lowest BCUT2D eigenvalue weighted by molar-refractivity contribution is -0.207. The van der Waals surface area contributed by atoms with E-state index in [1.165, 1.54) is 11.9 Å². The van der Waals surface area contributed by atoms with Crippen LogP contribution in [0.4, 0.5) is 13.2 Å². The highest BCUT2D eigenvalue weighted by atomic mass is 19.4. The van der Waals surface area contributed by atoms with Gasteiger partial charge < -0.3 is 4.74 Å². The SMILES string of the molecule is CN1CCOC[C@H]1C(F)(F)F. The number of ether oxygens (including phenoxy) is 1. The first-order chi connectivity index (χ1) is 5.02. The van der Waals surface area contributed by atoms with Crippen molar-refractivity contribution in [2.24, 2.45) is 0 Å². The summed E-state index contributed by atoms with van der Waals surface area (Å²) < 4.78 is 40.9. The van der Waals surface area contributed by atoms with Gasteiger partial charge in [0.25, 0.3) is 0 Å². The molecule has 0 aromatic carbocycles. The highest BCUT2D eigenvalue weighted by molar-refractivity contribution is 4.78. The maximum atomic E-state index is 12.1. The molecule has 1 heterocycles. The normalized spacial score (nSPS) is 28.9. The van der Waals surface area contributed by atoms with Gasteiger partial charge >= 0.3 is 6.18 Å². The predicted octanol–water partition coefficient (Wildman–Crippen LogP) is 0.879. The molecular weight excluding hydrogens is 159 g/mol. The Hall–Kier alpha value is -0.290. The summed E-state index contributed by atoms with van der Waals surface area (Å²) in [5, 5.41) is 0. The Labute approximate surface area is 62.9 Å². The van der Waals surface area contributed by atoms with Crippen molar-refractivity contribution < 1.29 is 17.9 Å². The molecule has 0 aliphatic carbocycles. The maximum absolute atomic E-state index is 12.1. The first-order valence-electron chi connectivity index (χ1n) is 3.36. The van der Waals surface area contributed by atoms with Gasteiger partial charge in [-0.25, -0.2) is 0 Å². The van der Waals surface area contributed by atoms with Gasteiger partial charge in [-0.05, 0) is 7.05 Å². The summed E-state index contributed by atoms with van der Waals surface area (Å²) in [4.78, 5) is 1.27. The van der Waals surface area contributed by atoms with Crippen LogP contribution >= 0.6 is 0 Å². The zero-order valence-corrected chi connectivity index (χ0v) is 6.19. The fourth-order valence-corrected chi connectivity index (χ4v) is 1.03. The summed E-state index contributed by atoms with van der Waals surface area (Å²) in [5.74, 6) is 0. The third kappa shape index (κ3) is 2.07. The van der Waals surface area contributed by atoms with Crippen LogP contribution in [0.2, 0.25) is 0 Å². The molecule has 1 rings (SSSR count). The van der Waals surface area contributed by atoms with Crippen molar-refractivity contribution in [1.82, 2.24) is 4.90 Å². The van der Waals surface area contributed by atoms with Gasteiger partial charge in [-0.3, -0.25) is 4.90 Å². The molecule has 66 valence electrons. The number of morpholine rings is 1. The third-order valence-electron chi connectivity index (χ3n) is 1.77. The molecule has 5 heteroatoms. The first-order valence-corrected chi connectivity index (χ1v) is 3.36. The van der Waals surface area contributed by atoms with E-state index in [9.17, 15) is 13.2 Å². The van der Waals surface area contributed by atoms with Crippen LogP contribution in [-0.2, 0) is 4.74 Å². The molecule has 1 saturated heterocycles. The molecule has 0 amide bonds. The van der Waals surface area contributed by atoms with Gasteiger partial charge in [-0.2, -0.15) is 13.2 Å². The van der Waals surface area contributed by atoms with Crippen molar-refractivity contribution >= 4 is 0 Å². The van der Waals surface area contributed by atoms with Crippen molar-refractivity contribution in [2.75, 3.05) is 26.8 Å². The highest BCUT2D eigenvalue weighted by Gasteiger charge is 2.43. The molecule has 0 saturated carbocycles. The fraction of sp³-hybridized carbons (Fsp3) is 1.00. The van der Waals surface area contributed by atoms with Crippen LogP contribution in [0, 0.1) is 0 Å². The van der Waals surface area contributed by atoms with Crippen molar-refractivity contribution in [3.05, 3.63) is 0 Å². The average molecular weight is 169 g/mol. The zero-order chi connectivity index (χ0) is 8.48. The summed E-state index contributed by atoms with van der Waals surface area (Å²) >= 11 is 0. The van der Waals surface area contributed by atoms with E-state index in [1.807, 2.05) is 0 Å². The second kappa shape index (κ2) is 2.98. The van der Waals surface area contributed by atoms with E-state index in [1.54, 1.807) is 0 Å². The van der Waals surface area contributed by atoms with E-state index in [-0.39, 0.29) is 6.61 Å². The summed E-state index contributed by atoms with van der Waals surface area (Å²) in [6.45, 7) is 0.507. The van der Waals surface area contributed by atoms with E-state index in [0.717, 1.165) is 0 Å². The number of alkyl halides is 3. The molecule has 1 aliphatic rings. The molecular formula is C6H10F3NO. The van der Waals surface area contributed by atoms with Gasteiger partial charge in [-0.15, -0.1) is 0 Å². The summed E-state index contributed by atoms with van der Waals surface area (Å²) in [6, 6.07) is -1.42. The number of rotatable bonds is 0. The minimum atomic E-state index is -4.16. The Bertz CT molecular complexity index is 136. The van der Waals surface area contributed by atoms with Crippen LogP contribution in [0.5, 0.6) is 0 Å². The molecule has 0 radical (unpaired) electrons. The standard InChI is InChI=1S/C6H10F3NO/c1-10-2-3-11-4-5(10)6(7,8)9/h5H,2-4H2,1H3/t5-/m0/s1. The van der Waals surface area contributed by atoms with E-state index in [0.29, 0.717) is 13.2 Å². The molecule has 0 aromatic heterocycles. The Morgan fingerprint density at radius 3 is 2.45 bits per heavy atom. The Morgan fingerprint density at radius 1 is 1.45 bits per heavy atom. The first kappa shape index (κ1) is 8.80. The summed E-state index contributed by atoms with van der Waals surface area (Å²) in [5.41, 5.74) is 0. The lowest BCUT2D eigenvalue weighted by Gasteiger charge is -2.33. The molecule has 0 N–H and O–H groups in total. The predicted molar refractivity (Wildman–Crippen MR) is 33.3 cm³/mol. The van der Waals surface area contributed by atoms with Crippen molar-refractivity contribution in [3.8, 4) is 0 Å². The largest absolute Gasteiger partial charge is 0.406 e. The van der Waals surface area contributed by atoms with Crippen molar-refractivity contribution in [2.45, 2.75) is 12.2 Å². The second-order valence-corrected chi connectivity index (χ2v) is 2.61. The molecule has 1 aliphatic heterocycles. The Balaban J connectivity index is 2.55. The van der Waals surface area contributed by atoms with Gasteiger partial charge in [0, 0.05) is 6.54 Å². The Morgan fingerprint density at radius 2 is 2.09 bits per heavy atom. The van der Waals surface area contributed by atoms with Crippen LogP contribution in [0.25, 0.3) is 0 Å². The summed E-state index contributed by atoms with van der Waals surface area (Å²) in [7, 11) is 1.46. The minimum absolute atomic E-state index is 0.236. The van der Waals surface area contributed by atoms with E-state index in [4.69, 9.17) is 4.74 Å². The third-order valence-corrected chi connectivity index (χ3v) is 1.77. The molecule has 0 aromatic rings. The van der Waals surface area contributed by atoms with E-state index < -0.39 is 12.2 Å². The van der Waals surface area contributed by atoms with Gasteiger partial charge in [0.15, 0.2) is 0 Å². The number of hydrogen-bond donors (Lipinski definition) is 0. The highest BCUT2D eigenvalue weighted by Crippen LogP contribution is 2.25. The van der Waals surface area contributed by atoms with Crippen LogP contribution in [0.3, 0.4) is 0 Å². The lowest BCUT2D eigenvalue weighted by atomic mass is 10.2. The maximum Gasteiger partial charge on any atom is 0.406 e. The molecule has 1 fully saturated rings. The second-order valence-electron chi connectivity index (χ2n) is 2.61. The monoisotopic (exact) mass is 169 g/mol. The quantitative estimate of drug-likeness (QED) is 0.533. The number of hydrogen-bond acceptors (Lipinski definition) is 2. The van der Waals surface area contributed by atoms with E-state index in [2.05, 4.69) is 0 Å². The number of likely N-dealkylation sites (N-methyl/N-ethyl adjacent to an activating group) is 1. The smallest absolute Gasteiger partial charge is 0.378 e. The molecule has 0 unspecified atom stereocenters. The molecule has 11 heavy (non-hydrogen) atoms. The minimum Gasteiger partial charge on any atom is -0.378 e. The average Bonchev–Trinajstić information content (AvgIpc) is 1.86.